The van der Waals surface area contributed by atoms with Gasteiger partial charge in [-0.15, -0.1) is 0 Å². The molecule has 2 aliphatic rings. The molecule has 2 saturated heterocycles. The standard InChI is InChI=1S/C17H20ClFN2O3/c18-13-3-4-15(19)14(10-13)17(23)21-5-1-2-12(11-21)16(22)20-6-8-24-9-7-20/h3-4,10,12H,1-2,5-9,11H2. The molecule has 1 unspecified atom stereocenters. The van der Waals surface area contributed by atoms with E-state index in [9.17, 15) is 14.0 Å². The van der Waals surface area contributed by atoms with Gasteiger partial charge >= 0.3 is 0 Å². The number of halogens is 2. The van der Waals surface area contributed by atoms with E-state index in [1.807, 2.05) is 0 Å². The van der Waals surface area contributed by atoms with Gasteiger partial charge in [0.25, 0.3) is 5.91 Å². The van der Waals surface area contributed by atoms with Crippen molar-refractivity contribution in [3.63, 3.8) is 0 Å². The van der Waals surface area contributed by atoms with Crippen LogP contribution < -0.4 is 0 Å². The van der Waals surface area contributed by atoms with Gasteiger partial charge in [-0.3, -0.25) is 9.59 Å². The molecule has 2 amide bonds. The van der Waals surface area contributed by atoms with Gasteiger partial charge in [-0.25, -0.2) is 4.39 Å². The molecular weight excluding hydrogens is 335 g/mol. The molecule has 0 saturated carbocycles. The number of rotatable bonds is 2. The lowest BCUT2D eigenvalue weighted by atomic mass is 9.95. The van der Waals surface area contributed by atoms with Crippen LogP contribution in [-0.4, -0.2) is 61.0 Å². The Morgan fingerprint density at radius 3 is 2.67 bits per heavy atom. The second-order valence-corrected chi connectivity index (χ2v) is 6.59. The zero-order valence-electron chi connectivity index (χ0n) is 13.3. The van der Waals surface area contributed by atoms with Crippen LogP contribution in [0.2, 0.25) is 5.02 Å². The number of morpholine rings is 1. The van der Waals surface area contributed by atoms with E-state index in [4.69, 9.17) is 16.3 Å². The van der Waals surface area contributed by atoms with Gasteiger partial charge in [0.15, 0.2) is 0 Å². The third-order valence-corrected chi connectivity index (χ3v) is 4.77. The quantitative estimate of drug-likeness (QED) is 0.818. The van der Waals surface area contributed by atoms with Crippen LogP contribution in [0, 0.1) is 11.7 Å². The first kappa shape index (κ1) is 17.2. The molecule has 2 aliphatic heterocycles. The number of hydrogen-bond acceptors (Lipinski definition) is 3. The number of carbonyl (C=O) groups excluding carboxylic acids is 2. The van der Waals surface area contributed by atoms with Crippen LogP contribution in [0.4, 0.5) is 4.39 Å². The number of nitrogens with zero attached hydrogens (tertiary/aromatic N) is 2. The van der Waals surface area contributed by atoms with E-state index < -0.39 is 11.7 Å². The monoisotopic (exact) mass is 354 g/mol. The molecule has 130 valence electrons. The van der Waals surface area contributed by atoms with Crippen LogP contribution in [0.25, 0.3) is 0 Å². The predicted octanol–water partition coefficient (Wildman–Crippen LogP) is 2.19. The first-order chi connectivity index (χ1) is 11.6. The normalized spacial score (nSPS) is 21.7. The minimum absolute atomic E-state index is 0.0398. The van der Waals surface area contributed by atoms with Gasteiger partial charge in [0.1, 0.15) is 5.82 Å². The summed E-state index contributed by atoms with van der Waals surface area (Å²) in [7, 11) is 0. The summed E-state index contributed by atoms with van der Waals surface area (Å²) in [6.07, 6.45) is 1.48. The van der Waals surface area contributed by atoms with E-state index in [-0.39, 0.29) is 17.4 Å². The van der Waals surface area contributed by atoms with Gasteiger partial charge in [0.05, 0.1) is 24.7 Å². The van der Waals surface area contributed by atoms with Gasteiger partial charge in [0, 0.05) is 31.2 Å². The summed E-state index contributed by atoms with van der Waals surface area (Å²) in [4.78, 5) is 28.6. The van der Waals surface area contributed by atoms with E-state index in [1.54, 1.807) is 9.80 Å². The highest BCUT2D eigenvalue weighted by atomic mass is 35.5. The van der Waals surface area contributed by atoms with Crippen LogP contribution in [0.1, 0.15) is 23.2 Å². The van der Waals surface area contributed by atoms with Crippen molar-refractivity contribution in [3.8, 4) is 0 Å². The van der Waals surface area contributed by atoms with Gasteiger partial charge in [-0.05, 0) is 31.0 Å². The van der Waals surface area contributed by atoms with Crippen molar-refractivity contribution in [2.75, 3.05) is 39.4 Å². The van der Waals surface area contributed by atoms with Gasteiger partial charge < -0.3 is 14.5 Å². The predicted molar refractivity (Wildman–Crippen MR) is 87.4 cm³/mol. The molecule has 0 N–H and O–H groups in total. The maximum Gasteiger partial charge on any atom is 0.256 e. The minimum atomic E-state index is -0.592. The Morgan fingerprint density at radius 1 is 1.17 bits per heavy atom. The minimum Gasteiger partial charge on any atom is -0.378 e. The highest BCUT2D eigenvalue weighted by Crippen LogP contribution is 2.23. The smallest absolute Gasteiger partial charge is 0.256 e. The SMILES string of the molecule is O=C(c1cc(Cl)ccc1F)N1CCCC(C(=O)N2CCOCC2)C1. The average Bonchev–Trinajstić information content (AvgIpc) is 2.63. The molecule has 24 heavy (non-hydrogen) atoms. The van der Waals surface area contributed by atoms with Crippen molar-refractivity contribution in [2.45, 2.75) is 12.8 Å². The molecule has 0 aromatic heterocycles. The lowest BCUT2D eigenvalue weighted by molar-refractivity contribution is -0.141. The number of likely N-dealkylation sites (tertiary alicyclic amines) is 1. The number of benzene rings is 1. The largest absolute Gasteiger partial charge is 0.378 e. The molecule has 1 atom stereocenters. The van der Waals surface area contributed by atoms with Crippen molar-refractivity contribution in [1.82, 2.24) is 9.80 Å². The average molecular weight is 355 g/mol. The molecule has 5 nitrogen and oxygen atoms in total. The maximum atomic E-state index is 13.9. The Labute approximate surface area is 145 Å². The number of hydrogen-bond donors (Lipinski definition) is 0. The van der Waals surface area contributed by atoms with Crippen molar-refractivity contribution < 1.29 is 18.7 Å². The Kier molecular flexibility index (Phi) is 5.36. The van der Waals surface area contributed by atoms with E-state index in [1.165, 1.54) is 18.2 Å². The van der Waals surface area contributed by atoms with Crippen molar-refractivity contribution in [3.05, 3.63) is 34.6 Å². The van der Waals surface area contributed by atoms with Crippen LogP contribution in [0.3, 0.4) is 0 Å². The van der Waals surface area contributed by atoms with E-state index >= 15 is 0 Å². The molecule has 0 radical (unpaired) electrons. The zero-order chi connectivity index (χ0) is 17.1. The second kappa shape index (κ2) is 7.49. The lowest BCUT2D eigenvalue weighted by Crippen LogP contribution is -2.49. The number of carbonyl (C=O) groups is 2. The highest BCUT2D eigenvalue weighted by Gasteiger charge is 2.32. The van der Waals surface area contributed by atoms with Crippen molar-refractivity contribution in [1.29, 1.82) is 0 Å². The summed E-state index contributed by atoms with van der Waals surface area (Å²) < 4.78 is 19.2. The number of amides is 2. The Balaban J connectivity index is 1.69. The van der Waals surface area contributed by atoms with Crippen LogP contribution in [0.5, 0.6) is 0 Å². The Morgan fingerprint density at radius 2 is 1.92 bits per heavy atom. The topological polar surface area (TPSA) is 49.9 Å². The van der Waals surface area contributed by atoms with Crippen LogP contribution in [-0.2, 0) is 9.53 Å². The molecule has 3 rings (SSSR count). The first-order valence-electron chi connectivity index (χ1n) is 8.17. The van der Waals surface area contributed by atoms with Crippen LogP contribution in [0.15, 0.2) is 18.2 Å². The summed E-state index contributed by atoms with van der Waals surface area (Å²) in [5.74, 6) is -1.18. The molecule has 2 fully saturated rings. The zero-order valence-corrected chi connectivity index (χ0v) is 14.1. The molecule has 0 bridgehead atoms. The van der Waals surface area contributed by atoms with Gasteiger partial charge in [-0.1, -0.05) is 11.6 Å². The molecule has 0 aliphatic carbocycles. The fourth-order valence-electron chi connectivity index (χ4n) is 3.24. The molecule has 1 aromatic carbocycles. The summed E-state index contributed by atoms with van der Waals surface area (Å²) in [5, 5.41) is 0.317. The van der Waals surface area contributed by atoms with Crippen LogP contribution >= 0.6 is 11.6 Å². The Hall–Kier alpha value is -1.66. The third-order valence-electron chi connectivity index (χ3n) is 4.54. The second-order valence-electron chi connectivity index (χ2n) is 6.15. The molecule has 2 heterocycles. The van der Waals surface area contributed by atoms with Gasteiger partial charge in [0.2, 0.25) is 5.91 Å². The first-order valence-corrected chi connectivity index (χ1v) is 8.55. The molecule has 0 spiro atoms. The highest BCUT2D eigenvalue weighted by molar-refractivity contribution is 6.31. The summed E-state index contributed by atoms with van der Waals surface area (Å²) >= 11 is 5.87. The molecular formula is C17H20ClFN2O3. The number of ether oxygens (including phenoxy) is 1. The molecule has 7 heteroatoms. The maximum absolute atomic E-state index is 13.9. The summed E-state index contributed by atoms with van der Waals surface area (Å²) in [6.45, 7) is 3.13. The van der Waals surface area contributed by atoms with Crippen molar-refractivity contribution in [2.24, 2.45) is 5.92 Å². The lowest BCUT2D eigenvalue weighted by Gasteiger charge is -2.36. The van der Waals surface area contributed by atoms with Gasteiger partial charge in [-0.2, -0.15) is 0 Å². The Bertz CT molecular complexity index is 634. The van der Waals surface area contributed by atoms with E-state index in [2.05, 4.69) is 0 Å². The fourth-order valence-corrected chi connectivity index (χ4v) is 3.41. The summed E-state index contributed by atoms with van der Waals surface area (Å²) in [6, 6.07) is 3.94. The summed E-state index contributed by atoms with van der Waals surface area (Å²) in [5.41, 5.74) is -0.0398. The van der Waals surface area contributed by atoms with E-state index in [0.29, 0.717) is 44.4 Å². The molecule has 1 aromatic rings. The fraction of sp³-hybridized carbons (Fsp3) is 0.529. The third kappa shape index (κ3) is 3.70. The number of piperidine rings is 1. The van der Waals surface area contributed by atoms with E-state index in [0.717, 1.165) is 12.8 Å². The van der Waals surface area contributed by atoms with Crippen molar-refractivity contribution >= 4 is 23.4 Å².